The van der Waals surface area contributed by atoms with Gasteiger partial charge < -0.3 is 25.0 Å². The average Bonchev–Trinajstić information content (AvgIpc) is 3.18. The highest BCUT2D eigenvalue weighted by atomic mass is 35.5. The molecule has 7 nitrogen and oxygen atoms in total. The van der Waals surface area contributed by atoms with E-state index in [9.17, 15) is 14.7 Å². The van der Waals surface area contributed by atoms with Crippen molar-refractivity contribution in [1.29, 1.82) is 0 Å². The van der Waals surface area contributed by atoms with Gasteiger partial charge in [-0.05, 0) is 29.8 Å². The summed E-state index contributed by atoms with van der Waals surface area (Å²) >= 11 is 6.03. The fourth-order valence-electron chi connectivity index (χ4n) is 3.76. The normalized spacial score (nSPS) is 16.1. The van der Waals surface area contributed by atoms with Crippen molar-refractivity contribution < 1.29 is 19.4 Å². The Labute approximate surface area is 185 Å². The second-order valence-corrected chi connectivity index (χ2v) is 8.17. The van der Waals surface area contributed by atoms with Crippen molar-refractivity contribution in [2.45, 2.75) is 18.6 Å². The molecule has 0 saturated carbocycles. The summed E-state index contributed by atoms with van der Waals surface area (Å²) in [5.74, 6) is -0.731. The largest absolute Gasteiger partial charge is 0.378 e. The molecule has 4 rings (SSSR count). The van der Waals surface area contributed by atoms with Gasteiger partial charge in [-0.1, -0.05) is 41.9 Å². The van der Waals surface area contributed by atoms with Crippen LogP contribution in [0.3, 0.4) is 0 Å². The second kappa shape index (κ2) is 9.09. The van der Waals surface area contributed by atoms with E-state index < -0.39 is 11.6 Å². The number of aliphatic hydroxyl groups is 1. The summed E-state index contributed by atoms with van der Waals surface area (Å²) < 4.78 is 5.30. The first-order valence-electron chi connectivity index (χ1n) is 10.1. The third-order valence-electron chi connectivity index (χ3n) is 5.32. The van der Waals surface area contributed by atoms with E-state index in [1.165, 1.54) is 0 Å². The van der Waals surface area contributed by atoms with Crippen molar-refractivity contribution in [2.75, 3.05) is 26.3 Å². The van der Waals surface area contributed by atoms with E-state index in [1.807, 2.05) is 30.3 Å². The Morgan fingerprint density at radius 3 is 2.61 bits per heavy atom. The van der Waals surface area contributed by atoms with Gasteiger partial charge in [-0.15, -0.1) is 0 Å². The fraction of sp³-hybridized carbons (Fsp3) is 0.304. The van der Waals surface area contributed by atoms with E-state index in [2.05, 4.69) is 10.3 Å². The number of carbonyl (C=O) groups excluding carboxylic acids is 2. The number of hydrogen-bond donors (Lipinski definition) is 3. The summed E-state index contributed by atoms with van der Waals surface area (Å²) in [7, 11) is 0. The van der Waals surface area contributed by atoms with E-state index >= 15 is 0 Å². The number of nitrogens with zero attached hydrogens (tertiary/aromatic N) is 1. The molecule has 2 aromatic carbocycles. The number of aromatic amines is 1. The number of nitrogens with one attached hydrogen (secondary N) is 2. The molecule has 1 aromatic heterocycles. The molecule has 31 heavy (non-hydrogen) atoms. The quantitative estimate of drug-likeness (QED) is 0.512. The number of rotatable bonds is 6. The predicted molar refractivity (Wildman–Crippen MR) is 118 cm³/mol. The minimum absolute atomic E-state index is 0.0989. The first-order chi connectivity index (χ1) is 14.9. The van der Waals surface area contributed by atoms with Crippen LogP contribution >= 0.6 is 11.6 Å². The average molecular weight is 442 g/mol. The highest BCUT2D eigenvalue weighted by Gasteiger charge is 2.35. The number of H-pyrrole nitrogens is 1. The highest BCUT2D eigenvalue weighted by molar-refractivity contribution is 6.31. The predicted octanol–water partition coefficient (Wildman–Crippen LogP) is 2.73. The first-order valence-corrected chi connectivity index (χ1v) is 10.5. The van der Waals surface area contributed by atoms with Gasteiger partial charge >= 0.3 is 0 Å². The molecule has 162 valence electrons. The van der Waals surface area contributed by atoms with Gasteiger partial charge in [0.05, 0.1) is 19.6 Å². The number of halogens is 1. The molecule has 1 aliphatic rings. The zero-order valence-electron chi connectivity index (χ0n) is 16.9. The van der Waals surface area contributed by atoms with E-state index in [-0.39, 0.29) is 24.4 Å². The zero-order valence-corrected chi connectivity index (χ0v) is 17.7. The first kappa shape index (κ1) is 21.4. The number of amides is 2. The van der Waals surface area contributed by atoms with Crippen LogP contribution in [-0.2, 0) is 16.0 Å². The Bertz CT molecular complexity index is 1080. The third kappa shape index (κ3) is 5.25. The molecule has 1 unspecified atom stereocenters. The summed E-state index contributed by atoms with van der Waals surface area (Å²) in [5.41, 5.74) is 0.0968. The van der Waals surface area contributed by atoms with Crippen molar-refractivity contribution >= 4 is 34.3 Å². The smallest absolute Gasteiger partial charge is 0.269 e. The maximum Gasteiger partial charge on any atom is 0.269 e. The van der Waals surface area contributed by atoms with Crippen LogP contribution in [0.1, 0.15) is 22.5 Å². The number of benzene rings is 2. The van der Waals surface area contributed by atoms with Crippen LogP contribution in [0.25, 0.3) is 10.9 Å². The van der Waals surface area contributed by atoms with Gasteiger partial charge in [0.1, 0.15) is 5.69 Å². The van der Waals surface area contributed by atoms with E-state index in [0.717, 1.165) is 16.5 Å². The molecular weight excluding hydrogens is 418 g/mol. The van der Waals surface area contributed by atoms with Crippen molar-refractivity contribution in [1.82, 2.24) is 15.2 Å². The van der Waals surface area contributed by atoms with Crippen LogP contribution in [-0.4, -0.2) is 58.8 Å². The van der Waals surface area contributed by atoms with Crippen LogP contribution < -0.4 is 5.32 Å². The van der Waals surface area contributed by atoms with Crippen molar-refractivity contribution in [3.05, 3.63) is 70.9 Å². The van der Waals surface area contributed by atoms with Crippen molar-refractivity contribution in [2.24, 2.45) is 0 Å². The molecule has 1 fully saturated rings. The van der Waals surface area contributed by atoms with Gasteiger partial charge in [-0.3, -0.25) is 9.59 Å². The monoisotopic (exact) mass is 441 g/mol. The molecule has 8 heteroatoms. The van der Waals surface area contributed by atoms with Crippen LogP contribution in [0.5, 0.6) is 0 Å². The maximum atomic E-state index is 13.0. The summed E-state index contributed by atoms with van der Waals surface area (Å²) in [6, 6.07) is 16.2. The zero-order chi connectivity index (χ0) is 21.8. The van der Waals surface area contributed by atoms with E-state index in [0.29, 0.717) is 31.3 Å². The van der Waals surface area contributed by atoms with Gasteiger partial charge in [0.2, 0.25) is 5.91 Å². The molecule has 2 heterocycles. The molecule has 0 bridgehead atoms. The summed E-state index contributed by atoms with van der Waals surface area (Å²) in [6.45, 7) is 1.87. The Kier molecular flexibility index (Phi) is 6.27. The van der Waals surface area contributed by atoms with Crippen LogP contribution in [0.15, 0.2) is 54.6 Å². The number of aromatic nitrogens is 1. The van der Waals surface area contributed by atoms with Crippen molar-refractivity contribution in [3.63, 3.8) is 0 Å². The number of carbonyl (C=O) groups is 2. The molecule has 3 N–H and O–H groups in total. The second-order valence-electron chi connectivity index (χ2n) is 7.73. The van der Waals surface area contributed by atoms with Gasteiger partial charge in [0, 0.05) is 35.4 Å². The lowest BCUT2D eigenvalue weighted by Gasteiger charge is -2.33. The molecule has 3 aromatic rings. The number of fused-ring (bicyclic) bond motifs is 1. The standard InChI is InChI=1S/C23H24ClN3O4/c24-18-6-7-19-17(12-18)13-20(25-19)22(29)26-23(30,14-16-4-2-1-3-5-16)15-21(28)27-8-10-31-11-9-27/h1-7,12-13,25,30H,8-11,14-15H2,(H,26,29). The van der Waals surface area contributed by atoms with Crippen LogP contribution in [0.2, 0.25) is 5.02 Å². The SMILES string of the molecule is O=C(NC(O)(CC(=O)N1CCOCC1)Cc1ccccc1)c1cc2cc(Cl)ccc2[nH]1. The molecule has 1 aliphatic heterocycles. The molecule has 0 aliphatic carbocycles. The van der Waals surface area contributed by atoms with Crippen LogP contribution in [0.4, 0.5) is 0 Å². The minimum Gasteiger partial charge on any atom is -0.378 e. The van der Waals surface area contributed by atoms with Gasteiger partial charge in [0.15, 0.2) is 5.72 Å². The molecule has 1 atom stereocenters. The van der Waals surface area contributed by atoms with E-state index in [1.54, 1.807) is 29.2 Å². The maximum absolute atomic E-state index is 13.0. The lowest BCUT2D eigenvalue weighted by molar-refractivity contribution is -0.141. The van der Waals surface area contributed by atoms with Gasteiger partial charge in [0.25, 0.3) is 5.91 Å². The molecular formula is C23H24ClN3O4. The Balaban J connectivity index is 1.56. The van der Waals surface area contributed by atoms with E-state index in [4.69, 9.17) is 16.3 Å². The van der Waals surface area contributed by atoms with Crippen LogP contribution in [0, 0.1) is 0 Å². The third-order valence-corrected chi connectivity index (χ3v) is 5.56. The molecule has 0 radical (unpaired) electrons. The number of hydrogen-bond acceptors (Lipinski definition) is 4. The molecule has 2 amide bonds. The number of morpholine rings is 1. The highest BCUT2D eigenvalue weighted by Crippen LogP contribution is 2.22. The summed E-state index contributed by atoms with van der Waals surface area (Å²) in [5, 5.41) is 15.4. The van der Waals surface area contributed by atoms with Gasteiger partial charge in [-0.2, -0.15) is 0 Å². The summed E-state index contributed by atoms with van der Waals surface area (Å²) in [6.07, 6.45) is -0.137. The lowest BCUT2D eigenvalue weighted by Crippen LogP contribution is -2.54. The Morgan fingerprint density at radius 1 is 1.13 bits per heavy atom. The topological polar surface area (TPSA) is 94.7 Å². The molecule has 1 saturated heterocycles. The Hall–Kier alpha value is -2.87. The fourth-order valence-corrected chi connectivity index (χ4v) is 3.94. The number of ether oxygens (including phenoxy) is 1. The minimum atomic E-state index is -1.75. The molecule has 0 spiro atoms. The Morgan fingerprint density at radius 2 is 1.87 bits per heavy atom. The lowest BCUT2D eigenvalue weighted by atomic mass is 9.98. The van der Waals surface area contributed by atoms with Gasteiger partial charge in [-0.25, -0.2) is 0 Å². The van der Waals surface area contributed by atoms with Crippen molar-refractivity contribution in [3.8, 4) is 0 Å². The summed E-state index contributed by atoms with van der Waals surface area (Å²) in [4.78, 5) is 30.5.